The molecule has 0 bridgehead atoms. The van der Waals surface area contributed by atoms with Crippen LogP contribution < -0.4 is 0 Å². The molecular weight excluding hydrogens is 228 g/mol. The zero-order valence-corrected chi connectivity index (χ0v) is 10.8. The first-order valence-corrected chi connectivity index (χ1v) is 7.66. The van der Waals surface area contributed by atoms with E-state index in [-0.39, 0.29) is 18.1 Å². The van der Waals surface area contributed by atoms with E-state index in [2.05, 4.69) is 11.8 Å². The minimum atomic E-state index is -3.03. The summed E-state index contributed by atoms with van der Waals surface area (Å²) in [7, 11) is -3.03. The van der Waals surface area contributed by atoms with Gasteiger partial charge in [0.15, 0.2) is 0 Å². The summed E-state index contributed by atoms with van der Waals surface area (Å²) >= 11 is 0. The highest BCUT2D eigenvalue weighted by molar-refractivity contribution is 7.90. The normalized spacial score (nSPS) is 18.8. The molecular formula is C10H20N2O3S. The maximum absolute atomic E-state index is 11.7. The second-order valence-electron chi connectivity index (χ2n) is 4.19. The molecule has 1 saturated heterocycles. The number of likely N-dealkylation sites (N-methyl/N-ethyl adjacent to an activating group) is 1. The molecule has 16 heavy (non-hydrogen) atoms. The standard InChI is InChI=1S/C10H20N2O3S/c1-3-11-5-7-12(8-6-11)10(13)4-9-16(2,14)15/h3-9H2,1-2H3. The average Bonchev–Trinajstić information content (AvgIpc) is 2.25. The lowest BCUT2D eigenvalue weighted by Crippen LogP contribution is -2.48. The predicted octanol–water partition coefficient (Wildman–Crippen LogP) is -0.415. The van der Waals surface area contributed by atoms with Gasteiger partial charge < -0.3 is 9.80 Å². The number of hydrogen-bond acceptors (Lipinski definition) is 4. The quantitative estimate of drug-likeness (QED) is 0.678. The van der Waals surface area contributed by atoms with Gasteiger partial charge in [-0.15, -0.1) is 0 Å². The van der Waals surface area contributed by atoms with Crippen molar-refractivity contribution in [2.75, 3.05) is 44.7 Å². The van der Waals surface area contributed by atoms with Crippen molar-refractivity contribution < 1.29 is 13.2 Å². The molecule has 0 aliphatic carbocycles. The molecule has 1 heterocycles. The topological polar surface area (TPSA) is 57.7 Å². The van der Waals surface area contributed by atoms with Crippen LogP contribution in [0, 0.1) is 0 Å². The molecule has 5 nitrogen and oxygen atoms in total. The van der Waals surface area contributed by atoms with Gasteiger partial charge in [0.25, 0.3) is 0 Å². The molecule has 6 heteroatoms. The van der Waals surface area contributed by atoms with Crippen molar-refractivity contribution in [3.05, 3.63) is 0 Å². The van der Waals surface area contributed by atoms with Crippen LogP contribution in [0.5, 0.6) is 0 Å². The van der Waals surface area contributed by atoms with Crippen LogP contribution in [0.25, 0.3) is 0 Å². The fourth-order valence-corrected chi connectivity index (χ4v) is 2.29. The minimum absolute atomic E-state index is 0.0406. The molecule has 0 spiro atoms. The Balaban J connectivity index is 2.34. The summed E-state index contributed by atoms with van der Waals surface area (Å²) in [6.07, 6.45) is 1.28. The van der Waals surface area contributed by atoms with Crippen LogP contribution in [0.15, 0.2) is 0 Å². The Hall–Kier alpha value is -0.620. The first-order valence-electron chi connectivity index (χ1n) is 5.60. The number of piperazine rings is 1. The number of rotatable bonds is 4. The summed E-state index contributed by atoms with van der Waals surface area (Å²) in [5, 5.41) is 0. The number of carbonyl (C=O) groups excluding carboxylic acids is 1. The lowest BCUT2D eigenvalue weighted by molar-refractivity contribution is -0.132. The molecule has 0 atom stereocenters. The van der Waals surface area contributed by atoms with Crippen LogP contribution in [-0.2, 0) is 14.6 Å². The first kappa shape index (κ1) is 13.4. The van der Waals surface area contributed by atoms with Gasteiger partial charge in [0.2, 0.25) is 5.91 Å². The molecule has 1 fully saturated rings. The zero-order chi connectivity index (χ0) is 12.2. The number of hydrogen-bond donors (Lipinski definition) is 0. The Morgan fingerprint density at radius 2 is 1.75 bits per heavy atom. The monoisotopic (exact) mass is 248 g/mol. The van der Waals surface area contributed by atoms with Crippen molar-refractivity contribution >= 4 is 15.7 Å². The van der Waals surface area contributed by atoms with E-state index >= 15 is 0 Å². The Labute approximate surface area is 97.3 Å². The molecule has 0 aromatic rings. The number of sulfone groups is 1. The zero-order valence-electron chi connectivity index (χ0n) is 9.98. The first-order chi connectivity index (χ1) is 7.42. The maximum Gasteiger partial charge on any atom is 0.223 e. The molecule has 0 unspecified atom stereocenters. The van der Waals surface area contributed by atoms with E-state index in [9.17, 15) is 13.2 Å². The van der Waals surface area contributed by atoms with Crippen LogP contribution in [0.2, 0.25) is 0 Å². The van der Waals surface area contributed by atoms with E-state index in [0.29, 0.717) is 0 Å². The van der Waals surface area contributed by atoms with Gasteiger partial charge in [0, 0.05) is 38.9 Å². The molecule has 1 aliphatic heterocycles. The van der Waals surface area contributed by atoms with Crippen molar-refractivity contribution in [2.45, 2.75) is 13.3 Å². The fraction of sp³-hybridized carbons (Fsp3) is 0.900. The largest absolute Gasteiger partial charge is 0.340 e. The van der Waals surface area contributed by atoms with Crippen LogP contribution in [-0.4, -0.2) is 68.9 Å². The van der Waals surface area contributed by atoms with Gasteiger partial charge in [-0.05, 0) is 6.54 Å². The predicted molar refractivity (Wildman–Crippen MR) is 63.0 cm³/mol. The SMILES string of the molecule is CCN1CCN(C(=O)CCS(C)(=O)=O)CC1. The van der Waals surface area contributed by atoms with Crippen LogP contribution in [0.4, 0.5) is 0 Å². The van der Waals surface area contributed by atoms with Gasteiger partial charge in [-0.2, -0.15) is 0 Å². The van der Waals surface area contributed by atoms with Gasteiger partial charge in [-0.3, -0.25) is 4.79 Å². The third-order valence-corrected chi connectivity index (χ3v) is 3.80. The summed E-state index contributed by atoms with van der Waals surface area (Å²) in [4.78, 5) is 15.7. The van der Waals surface area contributed by atoms with Gasteiger partial charge in [0.1, 0.15) is 9.84 Å². The van der Waals surface area contributed by atoms with Gasteiger partial charge in [-0.25, -0.2) is 8.42 Å². The highest BCUT2D eigenvalue weighted by Gasteiger charge is 2.20. The number of carbonyl (C=O) groups is 1. The lowest BCUT2D eigenvalue weighted by Gasteiger charge is -2.34. The summed E-state index contributed by atoms with van der Waals surface area (Å²) in [6.45, 7) is 6.32. The van der Waals surface area contributed by atoms with E-state index < -0.39 is 9.84 Å². The van der Waals surface area contributed by atoms with Crippen molar-refractivity contribution in [3.63, 3.8) is 0 Å². The maximum atomic E-state index is 11.7. The van der Waals surface area contributed by atoms with E-state index in [1.165, 1.54) is 0 Å². The molecule has 0 N–H and O–H groups in total. The lowest BCUT2D eigenvalue weighted by atomic mass is 10.3. The number of amides is 1. The Bertz CT molecular complexity index is 332. The van der Waals surface area contributed by atoms with E-state index in [0.717, 1.165) is 39.0 Å². The smallest absolute Gasteiger partial charge is 0.223 e. The van der Waals surface area contributed by atoms with Gasteiger partial charge >= 0.3 is 0 Å². The summed E-state index contributed by atoms with van der Waals surface area (Å²) in [5.41, 5.74) is 0. The summed E-state index contributed by atoms with van der Waals surface area (Å²) in [6, 6.07) is 0. The fourth-order valence-electron chi connectivity index (χ4n) is 1.74. The van der Waals surface area contributed by atoms with Crippen LogP contribution >= 0.6 is 0 Å². The Morgan fingerprint density at radius 3 is 2.19 bits per heavy atom. The molecule has 0 aromatic carbocycles. The molecule has 0 radical (unpaired) electrons. The van der Waals surface area contributed by atoms with Gasteiger partial charge in [0.05, 0.1) is 5.75 Å². The van der Waals surface area contributed by atoms with Gasteiger partial charge in [-0.1, -0.05) is 6.92 Å². The second kappa shape index (κ2) is 5.63. The highest BCUT2D eigenvalue weighted by Crippen LogP contribution is 2.04. The van der Waals surface area contributed by atoms with Crippen molar-refractivity contribution in [2.24, 2.45) is 0 Å². The minimum Gasteiger partial charge on any atom is -0.340 e. The second-order valence-corrected chi connectivity index (χ2v) is 6.45. The Kier molecular flexibility index (Phi) is 4.73. The molecule has 1 rings (SSSR count). The molecule has 1 aliphatic rings. The third kappa shape index (κ3) is 4.49. The number of nitrogens with zero attached hydrogens (tertiary/aromatic N) is 2. The molecule has 1 amide bonds. The van der Waals surface area contributed by atoms with E-state index in [1.807, 2.05) is 0 Å². The molecule has 0 aromatic heterocycles. The summed E-state index contributed by atoms with van der Waals surface area (Å²) < 4.78 is 21.9. The summed E-state index contributed by atoms with van der Waals surface area (Å²) in [5.74, 6) is -0.0824. The van der Waals surface area contributed by atoms with Crippen LogP contribution in [0.1, 0.15) is 13.3 Å². The molecule has 94 valence electrons. The third-order valence-electron chi connectivity index (χ3n) is 2.86. The average molecular weight is 248 g/mol. The highest BCUT2D eigenvalue weighted by atomic mass is 32.2. The van der Waals surface area contributed by atoms with Crippen LogP contribution in [0.3, 0.4) is 0 Å². The van der Waals surface area contributed by atoms with Crippen molar-refractivity contribution in [3.8, 4) is 0 Å². The van der Waals surface area contributed by atoms with E-state index in [1.54, 1.807) is 4.90 Å². The van der Waals surface area contributed by atoms with Crippen molar-refractivity contribution in [1.82, 2.24) is 9.80 Å². The van der Waals surface area contributed by atoms with Crippen molar-refractivity contribution in [1.29, 1.82) is 0 Å². The van der Waals surface area contributed by atoms with E-state index in [4.69, 9.17) is 0 Å². The molecule has 0 saturated carbocycles. The Morgan fingerprint density at radius 1 is 1.19 bits per heavy atom.